The second-order valence-electron chi connectivity index (χ2n) is 6.11. The zero-order chi connectivity index (χ0) is 16.1. The molecular formula is C19H23N3O. The molecular weight excluding hydrogens is 286 g/mol. The van der Waals surface area contributed by atoms with Crippen LogP contribution in [0.15, 0.2) is 48.8 Å². The lowest BCUT2D eigenvalue weighted by Crippen LogP contribution is -2.35. The first-order valence-corrected chi connectivity index (χ1v) is 8.24. The molecule has 1 aromatic carbocycles. The van der Waals surface area contributed by atoms with Gasteiger partial charge in [-0.1, -0.05) is 31.0 Å². The third-order valence-corrected chi connectivity index (χ3v) is 4.56. The monoisotopic (exact) mass is 309 g/mol. The number of benzene rings is 1. The molecule has 120 valence electrons. The molecule has 0 aliphatic heterocycles. The number of anilines is 1. The number of nitrogens with one attached hydrogen (secondary N) is 1. The maximum absolute atomic E-state index is 12.8. The number of pyridine rings is 1. The number of amides is 1. The highest BCUT2D eigenvalue weighted by molar-refractivity contribution is 5.99. The van der Waals surface area contributed by atoms with Crippen LogP contribution in [0.5, 0.6) is 0 Å². The van der Waals surface area contributed by atoms with Crippen LogP contribution in [0.25, 0.3) is 0 Å². The van der Waals surface area contributed by atoms with Crippen LogP contribution in [-0.4, -0.2) is 28.9 Å². The summed E-state index contributed by atoms with van der Waals surface area (Å²) in [6, 6.07) is 12.1. The lowest BCUT2D eigenvalue weighted by molar-refractivity contribution is 0.0736. The molecule has 0 unspecified atom stereocenters. The highest BCUT2D eigenvalue weighted by Gasteiger charge is 2.25. The zero-order valence-electron chi connectivity index (χ0n) is 13.5. The first-order chi connectivity index (χ1) is 11.3. The Labute approximate surface area is 137 Å². The van der Waals surface area contributed by atoms with E-state index in [9.17, 15) is 4.79 Å². The fourth-order valence-electron chi connectivity index (χ4n) is 3.17. The smallest absolute Gasteiger partial charge is 0.255 e. The van der Waals surface area contributed by atoms with Crippen LogP contribution in [0.3, 0.4) is 0 Å². The minimum atomic E-state index is 0.103. The Hall–Kier alpha value is -2.36. The largest absolute Gasteiger partial charge is 0.380 e. The van der Waals surface area contributed by atoms with Crippen LogP contribution in [0.1, 0.15) is 41.6 Å². The van der Waals surface area contributed by atoms with Gasteiger partial charge in [-0.05, 0) is 36.6 Å². The lowest BCUT2D eigenvalue weighted by atomic mass is 10.1. The van der Waals surface area contributed by atoms with Crippen LogP contribution in [0.2, 0.25) is 0 Å². The third-order valence-electron chi connectivity index (χ3n) is 4.56. The third kappa shape index (κ3) is 3.70. The molecule has 4 heteroatoms. The summed E-state index contributed by atoms with van der Waals surface area (Å²) >= 11 is 0. The van der Waals surface area contributed by atoms with Gasteiger partial charge in [0.2, 0.25) is 0 Å². The molecule has 1 N–H and O–H groups in total. The number of hydrogen-bond acceptors (Lipinski definition) is 3. The van der Waals surface area contributed by atoms with Gasteiger partial charge >= 0.3 is 0 Å². The van der Waals surface area contributed by atoms with Gasteiger partial charge in [-0.2, -0.15) is 0 Å². The van der Waals surface area contributed by atoms with Crippen LogP contribution in [0.4, 0.5) is 5.69 Å². The minimum Gasteiger partial charge on any atom is -0.380 e. The predicted molar refractivity (Wildman–Crippen MR) is 92.4 cm³/mol. The number of rotatable bonds is 5. The number of carbonyl (C=O) groups is 1. The first-order valence-electron chi connectivity index (χ1n) is 8.24. The Morgan fingerprint density at radius 3 is 2.74 bits per heavy atom. The first kappa shape index (κ1) is 15.5. The fourth-order valence-corrected chi connectivity index (χ4v) is 3.17. The average molecular weight is 309 g/mol. The summed E-state index contributed by atoms with van der Waals surface area (Å²) in [5, 5.41) is 3.37. The summed E-state index contributed by atoms with van der Waals surface area (Å²) in [6.07, 6.45) is 8.28. The summed E-state index contributed by atoms with van der Waals surface area (Å²) < 4.78 is 0. The van der Waals surface area contributed by atoms with E-state index in [1.54, 1.807) is 6.20 Å². The van der Waals surface area contributed by atoms with Crippen molar-refractivity contribution in [2.24, 2.45) is 0 Å². The van der Waals surface area contributed by atoms with E-state index in [0.29, 0.717) is 12.6 Å². The standard InChI is InChI=1S/C19H23N3O/c1-22(16-8-2-3-9-16)19(23)17-10-4-5-11-18(17)21-14-15-7-6-12-20-13-15/h4-7,10-13,16,21H,2-3,8-9,14H2,1H3. The number of para-hydroxylation sites is 1. The summed E-state index contributed by atoms with van der Waals surface area (Å²) in [4.78, 5) is 18.9. The van der Waals surface area contributed by atoms with Crippen molar-refractivity contribution >= 4 is 11.6 Å². The van der Waals surface area contributed by atoms with E-state index in [-0.39, 0.29) is 5.91 Å². The maximum Gasteiger partial charge on any atom is 0.255 e. The molecule has 1 aliphatic carbocycles. The molecule has 0 atom stereocenters. The number of aromatic nitrogens is 1. The second-order valence-corrected chi connectivity index (χ2v) is 6.11. The van der Waals surface area contributed by atoms with Gasteiger partial charge in [0, 0.05) is 37.7 Å². The van der Waals surface area contributed by atoms with E-state index >= 15 is 0 Å². The Kier molecular flexibility index (Phi) is 4.91. The fraction of sp³-hybridized carbons (Fsp3) is 0.368. The minimum absolute atomic E-state index is 0.103. The molecule has 1 fully saturated rings. The summed E-state index contributed by atoms with van der Waals surface area (Å²) in [5.74, 6) is 0.103. The van der Waals surface area contributed by atoms with Gasteiger partial charge in [0.25, 0.3) is 5.91 Å². The molecule has 1 aromatic heterocycles. The van der Waals surface area contributed by atoms with Gasteiger partial charge in [-0.25, -0.2) is 0 Å². The number of nitrogens with zero attached hydrogens (tertiary/aromatic N) is 2. The van der Waals surface area contributed by atoms with Crippen LogP contribution >= 0.6 is 0 Å². The molecule has 1 aliphatic rings. The molecule has 0 radical (unpaired) electrons. The van der Waals surface area contributed by atoms with Gasteiger partial charge in [-0.15, -0.1) is 0 Å². The number of carbonyl (C=O) groups excluding carboxylic acids is 1. The Morgan fingerprint density at radius 1 is 1.22 bits per heavy atom. The molecule has 3 rings (SSSR count). The summed E-state index contributed by atoms with van der Waals surface area (Å²) in [5.41, 5.74) is 2.72. The molecule has 4 nitrogen and oxygen atoms in total. The summed E-state index contributed by atoms with van der Waals surface area (Å²) in [7, 11) is 1.93. The van der Waals surface area contributed by atoms with E-state index in [4.69, 9.17) is 0 Å². The number of hydrogen-bond donors (Lipinski definition) is 1. The van der Waals surface area contributed by atoms with Crippen LogP contribution in [0, 0.1) is 0 Å². The molecule has 1 saturated carbocycles. The van der Waals surface area contributed by atoms with E-state index in [1.807, 2.05) is 54.5 Å². The highest BCUT2D eigenvalue weighted by Crippen LogP contribution is 2.25. The van der Waals surface area contributed by atoms with Crippen molar-refractivity contribution in [1.29, 1.82) is 0 Å². The highest BCUT2D eigenvalue weighted by atomic mass is 16.2. The van der Waals surface area contributed by atoms with Gasteiger partial charge in [0.05, 0.1) is 5.56 Å². The van der Waals surface area contributed by atoms with E-state index in [2.05, 4.69) is 10.3 Å². The van der Waals surface area contributed by atoms with Gasteiger partial charge in [-0.3, -0.25) is 9.78 Å². The van der Waals surface area contributed by atoms with Gasteiger partial charge < -0.3 is 10.2 Å². The maximum atomic E-state index is 12.8. The van der Waals surface area contributed by atoms with Crippen molar-refractivity contribution in [3.05, 3.63) is 59.9 Å². The van der Waals surface area contributed by atoms with Crippen LogP contribution < -0.4 is 5.32 Å². The van der Waals surface area contributed by atoms with Crippen LogP contribution in [-0.2, 0) is 6.54 Å². The zero-order valence-corrected chi connectivity index (χ0v) is 13.5. The Balaban J connectivity index is 1.73. The quantitative estimate of drug-likeness (QED) is 0.916. The van der Waals surface area contributed by atoms with Crippen molar-refractivity contribution in [3.8, 4) is 0 Å². The normalized spacial score (nSPS) is 14.7. The van der Waals surface area contributed by atoms with Crippen molar-refractivity contribution in [2.45, 2.75) is 38.3 Å². The molecule has 1 amide bonds. The van der Waals surface area contributed by atoms with Crippen molar-refractivity contribution in [2.75, 3.05) is 12.4 Å². The van der Waals surface area contributed by atoms with Crippen molar-refractivity contribution in [1.82, 2.24) is 9.88 Å². The molecule has 2 aromatic rings. The topological polar surface area (TPSA) is 45.2 Å². The average Bonchev–Trinajstić information content (AvgIpc) is 3.14. The Morgan fingerprint density at radius 2 is 2.00 bits per heavy atom. The summed E-state index contributed by atoms with van der Waals surface area (Å²) in [6.45, 7) is 0.658. The SMILES string of the molecule is CN(C(=O)c1ccccc1NCc1cccnc1)C1CCCC1. The predicted octanol–water partition coefficient (Wildman–Crippen LogP) is 3.71. The second kappa shape index (κ2) is 7.27. The molecule has 23 heavy (non-hydrogen) atoms. The molecule has 0 spiro atoms. The molecule has 0 saturated heterocycles. The van der Waals surface area contributed by atoms with Crippen molar-refractivity contribution < 1.29 is 4.79 Å². The van der Waals surface area contributed by atoms with E-state index in [1.165, 1.54) is 12.8 Å². The lowest BCUT2D eigenvalue weighted by Gasteiger charge is -2.25. The van der Waals surface area contributed by atoms with Gasteiger partial charge in [0.1, 0.15) is 0 Å². The van der Waals surface area contributed by atoms with Gasteiger partial charge in [0.15, 0.2) is 0 Å². The van der Waals surface area contributed by atoms with E-state index in [0.717, 1.165) is 29.7 Å². The molecule has 0 bridgehead atoms. The molecule has 1 heterocycles. The van der Waals surface area contributed by atoms with Crippen molar-refractivity contribution in [3.63, 3.8) is 0 Å². The Bertz CT molecular complexity index is 651. The van der Waals surface area contributed by atoms with E-state index < -0.39 is 0 Å².